The van der Waals surface area contributed by atoms with Crippen LogP contribution in [0, 0.1) is 23.7 Å². The molecule has 6 aliphatic rings. The molecule has 2 N–H and O–H groups in total. The van der Waals surface area contributed by atoms with Crippen molar-refractivity contribution in [1.29, 1.82) is 0 Å². The Kier molecular flexibility index (Phi) is 12.5. The molecular formula is C43H57N5O9S. The largest absolute Gasteiger partial charge is 0.462 e. The summed E-state index contributed by atoms with van der Waals surface area (Å²) in [5.41, 5.74) is -1.40. The lowest BCUT2D eigenvalue weighted by Gasteiger charge is -2.32. The number of hydrogen-bond acceptors (Lipinski definition) is 10. The van der Waals surface area contributed by atoms with Crippen molar-refractivity contribution in [3.05, 3.63) is 59.4 Å². The quantitative estimate of drug-likeness (QED) is 0.294. The number of nitrogens with one attached hydrogen (secondary N) is 2. The number of esters is 1. The van der Waals surface area contributed by atoms with Crippen molar-refractivity contribution in [3.8, 4) is 6.01 Å². The molecule has 2 aromatic rings. The summed E-state index contributed by atoms with van der Waals surface area (Å²) in [5.74, 6) is -3.43. The predicted octanol–water partition coefficient (Wildman–Crippen LogP) is 4.70. The summed E-state index contributed by atoms with van der Waals surface area (Å²) in [6, 6.07) is 5.92. The van der Waals surface area contributed by atoms with Crippen molar-refractivity contribution in [2.24, 2.45) is 23.7 Å². The fourth-order valence-corrected chi connectivity index (χ4v) is 10.8. The summed E-state index contributed by atoms with van der Waals surface area (Å²) in [6.07, 6.45) is 12.9. The Morgan fingerprint density at radius 1 is 0.948 bits per heavy atom. The first kappa shape index (κ1) is 41.6. The molecule has 2 bridgehead atoms. The van der Waals surface area contributed by atoms with Crippen LogP contribution in [0.2, 0.25) is 0 Å². The van der Waals surface area contributed by atoms with E-state index in [0.29, 0.717) is 23.7 Å². The monoisotopic (exact) mass is 819 g/mol. The minimum absolute atomic E-state index is 0.00146. The molecule has 3 heterocycles. The number of para-hydroxylation sites is 1. The molecule has 0 spiro atoms. The van der Waals surface area contributed by atoms with Gasteiger partial charge in [0.1, 0.15) is 23.8 Å². The van der Waals surface area contributed by atoms with Crippen molar-refractivity contribution in [2.45, 2.75) is 139 Å². The number of rotatable bonds is 7. The van der Waals surface area contributed by atoms with Gasteiger partial charge in [-0.15, -0.1) is 6.58 Å². The van der Waals surface area contributed by atoms with Crippen LogP contribution < -0.4 is 20.3 Å². The fraction of sp³-hybridized carbons (Fsp3) is 0.628. The van der Waals surface area contributed by atoms with Crippen LogP contribution in [0.25, 0.3) is 10.9 Å². The van der Waals surface area contributed by atoms with Gasteiger partial charge in [-0.2, -0.15) is 4.98 Å². The average Bonchev–Trinajstić information content (AvgIpc) is 4.00. The van der Waals surface area contributed by atoms with E-state index in [-0.39, 0.29) is 67.8 Å². The van der Waals surface area contributed by atoms with Crippen LogP contribution in [0.4, 0.5) is 0 Å². The van der Waals surface area contributed by atoms with E-state index >= 15 is 0 Å². The van der Waals surface area contributed by atoms with Gasteiger partial charge >= 0.3 is 5.97 Å². The molecule has 8 rings (SSSR count). The predicted molar refractivity (Wildman–Crippen MR) is 217 cm³/mol. The highest BCUT2D eigenvalue weighted by atomic mass is 32.2. The molecule has 4 saturated carbocycles. The number of carbonyl (C=O) groups excluding carboxylic acids is 4. The van der Waals surface area contributed by atoms with Crippen LogP contribution in [0.5, 0.6) is 6.01 Å². The zero-order valence-electron chi connectivity index (χ0n) is 33.6. The number of sulfonamides is 1. The SMILES string of the molecule is C=C[C@@H]1C[C@]1(NC(=O)[C@@H]1C[C@@H]2CN1C(=O)[C@H](C1CCCC1)CC(=O)O[C@@H]1CCC[C@H]1CCC=CCn1c(nc3ccccc3c1=O)O2)C(=O)NS(=O)(=O)C1CC1.CC. The number of ether oxygens (including phenoxy) is 2. The first-order chi connectivity index (χ1) is 28.0. The van der Waals surface area contributed by atoms with E-state index in [1.54, 1.807) is 24.3 Å². The Hall–Kier alpha value is -4.53. The summed E-state index contributed by atoms with van der Waals surface area (Å²) in [4.78, 5) is 76.7. The van der Waals surface area contributed by atoms with Crippen molar-refractivity contribution < 1.29 is 37.1 Å². The van der Waals surface area contributed by atoms with E-state index in [1.807, 2.05) is 26.0 Å². The van der Waals surface area contributed by atoms with Gasteiger partial charge in [0, 0.05) is 18.9 Å². The lowest BCUT2D eigenvalue weighted by Crippen LogP contribution is -2.57. The first-order valence-electron chi connectivity index (χ1n) is 21.3. The maximum atomic E-state index is 14.9. The second-order valence-corrected chi connectivity index (χ2v) is 18.6. The molecule has 2 aliphatic heterocycles. The lowest BCUT2D eigenvalue weighted by atomic mass is 9.86. The van der Waals surface area contributed by atoms with E-state index in [1.165, 1.54) is 15.5 Å². The molecule has 14 nitrogen and oxygen atoms in total. The van der Waals surface area contributed by atoms with Crippen LogP contribution in [-0.2, 0) is 40.5 Å². The number of aromatic nitrogens is 2. The third kappa shape index (κ3) is 8.60. The minimum Gasteiger partial charge on any atom is -0.462 e. The van der Waals surface area contributed by atoms with Gasteiger partial charge in [-0.05, 0) is 88.2 Å². The van der Waals surface area contributed by atoms with Crippen LogP contribution in [-0.4, -0.2) is 82.1 Å². The smallest absolute Gasteiger partial charge is 0.306 e. The van der Waals surface area contributed by atoms with Gasteiger partial charge in [-0.25, -0.2) is 8.42 Å². The highest BCUT2D eigenvalue weighted by molar-refractivity contribution is 7.91. The molecule has 1 aromatic carbocycles. The second-order valence-electron chi connectivity index (χ2n) is 16.6. The van der Waals surface area contributed by atoms with Crippen molar-refractivity contribution in [1.82, 2.24) is 24.5 Å². The van der Waals surface area contributed by atoms with E-state index in [0.717, 1.165) is 57.8 Å². The average molecular weight is 820 g/mol. The van der Waals surface area contributed by atoms with Gasteiger partial charge in [-0.3, -0.25) is 33.3 Å². The Morgan fingerprint density at radius 3 is 2.41 bits per heavy atom. The highest BCUT2D eigenvalue weighted by Crippen LogP contribution is 2.46. The van der Waals surface area contributed by atoms with Gasteiger partial charge in [0.25, 0.3) is 17.5 Å². The standard InChI is InChI=1S/C41H51N5O9S.C2H6/c1-2-27-23-41(27,39(51)44-56(52,53)29-18-19-29)43-36(48)33-21-28-24-46(33)38(50)31(25-11-5-6-12-25)22-35(47)55-34-17-10-14-26(34)13-4-3-9-20-45-37(49)30-15-7-8-16-32(30)42-40(45)54-28;1-2/h2-3,7-9,15-16,25-29,31,33-34H,1,4-6,10-14,17-24H2,(H,43,48)(H,44,51);1-2H3/t26-,27-,28-,31+,33+,34-,41-;/m1./s1. The number of amides is 3. The summed E-state index contributed by atoms with van der Waals surface area (Å²) in [6.45, 7) is 7.94. The summed E-state index contributed by atoms with van der Waals surface area (Å²) in [7, 11) is -3.91. The zero-order chi connectivity index (χ0) is 41.2. The number of allylic oxidation sites excluding steroid dienone is 2. The summed E-state index contributed by atoms with van der Waals surface area (Å²) in [5, 5.41) is 2.62. The van der Waals surface area contributed by atoms with Gasteiger partial charge in [0.15, 0.2) is 0 Å². The van der Waals surface area contributed by atoms with E-state index in [4.69, 9.17) is 14.5 Å². The Bertz CT molecular complexity index is 2110. The molecule has 4 aliphatic carbocycles. The van der Waals surface area contributed by atoms with Gasteiger partial charge < -0.3 is 19.7 Å². The third-order valence-corrected chi connectivity index (χ3v) is 14.7. The summed E-state index contributed by atoms with van der Waals surface area (Å²) < 4.78 is 41.8. The Balaban J connectivity index is 0.00000252. The maximum Gasteiger partial charge on any atom is 0.306 e. The molecule has 1 saturated heterocycles. The highest BCUT2D eigenvalue weighted by Gasteiger charge is 2.62. The van der Waals surface area contributed by atoms with Crippen LogP contribution in [0.15, 0.2) is 53.9 Å². The lowest BCUT2D eigenvalue weighted by molar-refractivity contribution is -0.156. The molecule has 15 heteroatoms. The zero-order valence-corrected chi connectivity index (χ0v) is 34.4. The minimum atomic E-state index is -3.91. The van der Waals surface area contributed by atoms with Crippen LogP contribution >= 0.6 is 0 Å². The topological polar surface area (TPSA) is 183 Å². The number of hydrogen-bond donors (Lipinski definition) is 2. The molecule has 314 valence electrons. The van der Waals surface area contributed by atoms with E-state index < -0.39 is 62.6 Å². The number of fused-ring (bicyclic) bond motifs is 5. The second kappa shape index (κ2) is 17.4. The molecular weight excluding hydrogens is 763 g/mol. The van der Waals surface area contributed by atoms with Crippen molar-refractivity contribution in [3.63, 3.8) is 0 Å². The molecule has 7 atom stereocenters. The molecule has 1 aromatic heterocycles. The van der Waals surface area contributed by atoms with Crippen LogP contribution in [0.3, 0.4) is 0 Å². The first-order valence-corrected chi connectivity index (χ1v) is 22.8. The van der Waals surface area contributed by atoms with E-state index in [9.17, 15) is 32.4 Å². The Morgan fingerprint density at radius 2 is 1.69 bits per heavy atom. The van der Waals surface area contributed by atoms with Gasteiger partial charge in [0.05, 0.1) is 35.0 Å². The van der Waals surface area contributed by atoms with Gasteiger partial charge in [0.2, 0.25) is 21.8 Å². The molecule has 0 unspecified atom stereocenters. The normalized spacial score (nSPS) is 30.4. The number of carbonyl (C=O) groups is 4. The van der Waals surface area contributed by atoms with Crippen LogP contribution in [0.1, 0.15) is 104 Å². The molecule has 5 fully saturated rings. The Labute approximate surface area is 340 Å². The molecule has 58 heavy (non-hydrogen) atoms. The van der Waals surface area contributed by atoms with E-state index in [2.05, 4.69) is 16.6 Å². The number of benzene rings is 1. The fourth-order valence-electron chi connectivity index (χ4n) is 9.46. The van der Waals surface area contributed by atoms with Crippen molar-refractivity contribution >= 4 is 44.6 Å². The summed E-state index contributed by atoms with van der Waals surface area (Å²) >= 11 is 0. The maximum absolute atomic E-state index is 14.9. The van der Waals surface area contributed by atoms with Gasteiger partial charge in [-0.1, -0.05) is 57.0 Å². The third-order valence-electron chi connectivity index (χ3n) is 12.9. The van der Waals surface area contributed by atoms with Crippen molar-refractivity contribution in [2.75, 3.05) is 6.54 Å². The number of nitrogens with zero attached hydrogens (tertiary/aromatic N) is 3. The molecule has 3 amide bonds. The molecule has 0 radical (unpaired) electrons.